The predicted octanol–water partition coefficient (Wildman–Crippen LogP) is 2.63. The molecule has 68 valence electrons. The highest BCUT2D eigenvalue weighted by Gasteiger charge is 1.95. The van der Waals surface area contributed by atoms with Gasteiger partial charge in [-0.25, -0.2) is 0 Å². The number of benzene rings is 1. The van der Waals surface area contributed by atoms with Gasteiger partial charge in [-0.2, -0.15) is 5.11 Å². The van der Waals surface area contributed by atoms with Crippen LogP contribution in [0.3, 0.4) is 0 Å². The Balaban J connectivity index is 2.80. The minimum atomic E-state index is 0.964. The average molecular weight is 175 g/mol. The summed E-state index contributed by atoms with van der Waals surface area (Å²) in [5, 5.41) is 7.35. The lowest BCUT2D eigenvalue weighted by Gasteiger charge is -2.03. The Morgan fingerprint density at radius 2 is 2.00 bits per heavy atom. The van der Waals surface area contributed by atoms with Gasteiger partial charge >= 0.3 is 0 Å². The fourth-order valence-corrected chi connectivity index (χ4v) is 1.02. The molecule has 0 saturated carbocycles. The first kappa shape index (κ1) is 9.45. The minimum absolute atomic E-state index is 0.964. The molecule has 13 heavy (non-hydrogen) atoms. The Morgan fingerprint density at radius 1 is 1.31 bits per heavy atom. The molecule has 0 amide bonds. The molecule has 3 nitrogen and oxygen atoms in total. The van der Waals surface area contributed by atoms with E-state index in [1.54, 1.807) is 7.05 Å². The highest BCUT2D eigenvalue weighted by molar-refractivity contribution is 5.62. The maximum atomic E-state index is 3.73. The summed E-state index contributed by atoms with van der Waals surface area (Å²) in [5.41, 5.74) is 4.93. The van der Waals surface area contributed by atoms with Crippen molar-refractivity contribution in [2.24, 2.45) is 10.3 Å². The van der Waals surface area contributed by atoms with Gasteiger partial charge in [-0.05, 0) is 12.5 Å². The first-order chi connectivity index (χ1) is 6.38. The van der Waals surface area contributed by atoms with E-state index in [0.29, 0.717) is 0 Å². The number of hydrogen-bond donors (Lipinski definition) is 1. The van der Waals surface area contributed by atoms with Gasteiger partial charge in [0.2, 0.25) is 0 Å². The largest absolute Gasteiger partial charge is 0.260 e. The van der Waals surface area contributed by atoms with E-state index in [-0.39, 0.29) is 0 Å². The van der Waals surface area contributed by atoms with Crippen molar-refractivity contribution in [1.82, 2.24) is 5.43 Å². The molecule has 0 heterocycles. The molecule has 1 aromatic rings. The van der Waals surface area contributed by atoms with Crippen molar-refractivity contribution in [3.8, 4) is 0 Å². The summed E-state index contributed by atoms with van der Waals surface area (Å²) in [6, 6.07) is 10.0. The van der Waals surface area contributed by atoms with Crippen LogP contribution in [0.4, 0.5) is 0 Å². The Kier molecular flexibility index (Phi) is 3.70. The number of nitrogens with one attached hydrogen (secondary N) is 1. The Bertz CT molecular complexity index is 301. The molecule has 1 rings (SSSR count). The monoisotopic (exact) mass is 175 g/mol. The Labute approximate surface area is 78.2 Å². The number of nitrogens with zero attached hydrogens (tertiary/aromatic N) is 2. The Morgan fingerprint density at radius 3 is 2.54 bits per heavy atom. The lowest BCUT2D eigenvalue weighted by molar-refractivity contribution is 0.870. The van der Waals surface area contributed by atoms with Crippen LogP contribution < -0.4 is 5.43 Å². The zero-order valence-electron chi connectivity index (χ0n) is 7.86. The summed E-state index contributed by atoms with van der Waals surface area (Å²) in [7, 11) is 1.63. The minimum Gasteiger partial charge on any atom is -0.260 e. The van der Waals surface area contributed by atoms with Crippen molar-refractivity contribution < 1.29 is 0 Å². The van der Waals surface area contributed by atoms with E-state index < -0.39 is 0 Å². The van der Waals surface area contributed by atoms with Crippen molar-refractivity contribution in [3.63, 3.8) is 0 Å². The van der Waals surface area contributed by atoms with E-state index in [2.05, 4.69) is 15.8 Å². The highest BCUT2D eigenvalue weighted by Crippen LogP contribution is 2.09. The number of rotatable bonds is 3. The first-order valence-electron chi connectivity index (χ1n) is 4.15. The van der Waals surface area contributed by atoms with Crippen molar-refractivity contribution in [2.45, 2.75) is 6.92 Å². The quantitative estimate of drug-likeness (QED) is 0.556. The average Bonchev–Trinajstić information content (AvgIpc) is 2.21. The molecule has 0 unspecified atom stereocenters. The molecule has 0 atom stereocenters. The second-order valence-corrected chi connectivity index (χ2v) is 2.48. The van der Waals surface area contributed by atoms with Gasteiger partial charge in [-0.3, -0.25) is 5.43 Å². The SMILES string of the molecule is CC=C(NN=NC)c1ccccc1. The zero-order valence-corrected chi connectivity index (χ0v) is 7.86. The smallest absolute Gasteiger partial charge is 0.0608 e. The maximum absolute atomic E-state index is 3.73. The summed E-state index contributed by atoms with van der Waals surface area (Å²) in [6.07, 6.45) is 1.96. The molecule has 0 aliphatic rings. The van der Waals surface area contributed by atoms with Crippen molar-refractivity contribution in [2.75, 3.05) is 7.05 Å². The van der Waals surface area contributed by atoms with Gasteiger partial charge < -0.3 is 0 Å². The Hall–Kier alpha value is -1.64. The van der Waals surface area contributed by atoms with E-state index in [1.165, 1.54) is 0 Å². The predicted molar refractivity (Wildman–Crippen MR) is 54.0 cm³/mol. The van der Waals surface area contributed by atoms with Crippen LogP contribution in [0, 0.1) is 0 Å². The van der Waals surface area contributed by atoms with Crippen LogP contribution in [0.1, 0.15) is 12.5 Å². The lowest BCUT2D eigenvalue weighted by Crippen LogP contribution is -2.02. The van der Waals surface area contributed by atoms with Crippen LogP contribution in [0.15, 0.2) is 46.7 Å². The molecule has 0 aliphatic carbocycles. The summed E-state index contributed by atoms with van der Waals surface area (Å²) < 4.78 is 0. The number of allylic oxidation sites excluding steroid dienone is 1. The van der Waals surface area contributed by atoms with Crippen LogP contribution in [0.25, 0.3) is 5.70 Å². The zero-order chi connectivity index (χ0) is 9.52. The van der Waals surface area contributed by atoms with Crippen LogP contribution >= 0.6 is 0 Å². The van der Waals surface area contributed by atoms with E-state index in [0.717, 1.165) is 11.3 Å². The second kappa shape index (κ2) is 5.09. The molecule has 0 aliphatic heterocycles. The molecule has 0 bridgehead atoms. The molecule has 0 saturated heterocycles. The van der Waals surface area contributed by atoms with Gasteiger partial charge in [0.1, 0.15) is 0 Å². The van der Waals surface area contributed by atoms with Crippen LogP contribution in [0.2, 0.25) is 0 Å². The molecule has 3 heteroatoms. The molecular formula is C10H13N3. The fraction of sp³-hybridized carbons (Fsp3) is 0.200. The van der Waals surface area contributed by atoms with Crippen LogP contribution in [-0.2, 0) is 0 Å². The molecular weight excluding hydrogens is 162 g/mol. The summed E-state index contributed by atoms with van der Waals surface area (Å²) in [5.74, 6) is 0. The normalized spacial score (nSPS) is 12.0. The van der Waals surface area contributed by atoms with Crippen molar-refractivity contribution in [1.29, 1.82) is 0 Å². The highest BCUT2D eigenvalue weighted by atomic mass is 15.4. The molecule has 1 N–H and O–H groups in total. The lowest BCUT2D eigenvalue weighted by atomic mass is 10.1. The maximum Gasteiger partial charge on any atom is 0.0608 e. The third-order valence-corrected chi connectivity index (χ3v) is 1.64. The van der Waals surface area contributed by atoms with E-state index in [1.807, 2.05) is 43.3 Å². The van der Waals surface area contributed by atoms with Gasteiger partial charge in [0, 0.05) is 0 Å². The van der Waals surface area contributed by atoms with Crippen molar-refractivity contribution in [3.05, 3.63) is 42.0 Å². The van der Waals surface area contributed by atoms with Gasteiger partial charge in [0.15, 0.2) is 0 Å². The summed E-state index contributed by atoms with van der Waals surface area (Å²) >= 11 is 0. The third-order valence-electron chi connectivity index (χ3n) is 1.64. The van der Waals surface area contributed by atoms with Crippen molar-refractivity contribution >= 4 is 5.70 Å². The molecule has 0 fully saturated rings. The van der Waals surface area contributed by atoms with Gasteiger partial charge in [-0.15, -0.1) is 0 Å². The van der Waals surface area contributed by atoms with Gasteiger partial charge in [-0.1, -0.05) is 41.6 Å². The molecule has 1 aromatic carbocycles. The number of hydrogen-bond acceptors (Lipinski definition) is 2. The third kappa shape index (κ3) is 2.71. The second-order valence-electron chi connectivity index (χ2n) is 2.48. The van der Waals surface area contributed by atoms with Gasteiger partial charge in [0.05, 0.1) is 12.7 Å². The van der Waals surface area contributed by atoms with Gasteiger partial charge in [0.25, 0.3) is 0 Å². The standard InChI is InChI=1S/C10H13N3/c1-3-10(12-13-11-2)9-7-5-4-6-8-9/h3-8H,1-2H3,(H,11,12). The summed E-state index contributed by atoms with van der Waals surface area (Å²) in [6.45, 7) is 1.96. The molecule has 0 radical (unpaired) electrons. The van der Waals surface area contributed by atoms with E-state index in [9.17, 15) is 0 Å². The van der Waals surface area contributed by atoms with Crippen LogP contribution in [0.5, 0.6) is 0 Å². The fourth-order valence-electron chi connectivity index (χ4n) is 1.02. The molecule has 0 spiro atoms. The van der Waals surface area contributed by atoms with E-state index in [4.69, 9.17) is 0 Å². The topological polar surface area (TPSA) is 36.8 Å². The first-order valence-corrected chi connectivity index (χ1v) is 4.15. The summed E-state index contributed by atoms with van der Waals surface area (Å²) in [4.78, 5) is 0. The van der Waals surface area contributed by atoms with E-state index >= 15 is 0 Å². The molecule has 0 aromatic heterocycles. The van der Waals surface area contributed by atoms with Crippen LogP contribution in [-0.4, -0.2) is 7.05 Å².